The third-order valence-electron chi connectivity index (χ3n) is 1.46. The van der Waals surface area contributed by atoms with Crippen molar-refractivity contribution >= 4 is 5.95 Å². The van der Waals surface area contributed by atoms with Gasteiger partial charge in [0.25, 0.3) is 0 Å². The Kier molecular flexibility index (Phi) is 2.49. The first-order valence-corrected chi connectivity index (χ1v) is 3.79. The molecule has 0 saturated heterocycles. The first kappa shape index (κ1) is 8.79. The molecule has 0 aliphatic carbocycles. The summed E-state index contributed by atoms with van der Waals surface area (Å²) in [6.07, 6.45) is 0. The molecule has 1 aromatic rings. The molecule has 0 fully saturated rings. The lowest BCUT2D eigenvalue weighted by Crippen LogP contribution is -2.26. The number of nitrogens with zero attached hydrogens (tertiary/aromatic N) is 3. The van der Waals surface area contributed by atoms with Crippen LogP contribution in [0.25, 0.3) is 0 Å². The second-order valence-corrected chi connectivity index (χ2v) is 2.88. The fraction of sp³-hybridized carbons (Fsp3) is 0.667. The predicted octanol–water partition coefficient (Wildman–Crippen LogP) is -0.928. The molecule has 0 bridgehead atoms. The van der Waals surface area contributed by atoms with Gasteiger partial charge < -0.3 is 16.9 Å². The number of nitrogens with two attached hydrogens (primary N) is 2. The third-order valence-corrected chi connectivity index (χ3v) is 1.46. The highest BCUT2D eigenvalue weighted by atomic mass is 15.4. The minimum absolute atomic E-state index is 0.232. The second kappa shape index (κ2) is 3.40. The van der Waals surface area contributed by atoms with Gasteiger partial charge in [0.15, 0.2) is 5.82 Å². The molecule has 6 nitrogen and oxygen atoms in total. The molecule has 0 aliphatic heterocycles. The summed E-state index contributed by atoms with van der Waals surface area (Å²) in [5.74, 6) is 6.39. The Bertz CT molecular complexity index is 253. The van der Waals surface area contributed by atoms with Crippen LogP contribution in [0.3, 0.4) is 0 Å². The van der Waals surface area contributed by atoms with Gasteiger partial charge in [-0.3, -0.25) is 0 Å². The largest absolute Gasteiger partial charge is 0.366 e. The molecule has 1 rings (SSSR count). The zero-order valence-electron chi connectivity index (χ0n) is 7.28. The SMILES string of the molecule is CC(C)NCc1nnc(N)n1N. The molecular formula is C6H14N6. The quantitative estimate of drug-likeness (QED) is 0.509. The maximum atomic E-state index is 5.52. The van der Waals surface area contributed by atoms with Crippen LogP contribution in [0.2, 0.25) is 0 Å². The zero-order valence-corrected chi connectivity index (χ0v) is 7.28. The Morgan fingerprint density at radius 3 is 2.58 bits per heavy atom. The molecule has 0 aromatic carbocycles. The number of hydrogen-bond acceptors (Lipinski definition) is 5. The lowest BCUT2D eigenvalue weighted by molar-refractivity contribution is 0.564. The minimum Gasteiger partial charge on any atom is -0.366 e. The summed E-state index contributed by atoms with van der Waals surface area (Å²) in [5, 5.41) is 10.6. The van der Waals surface area contributed by atoms with Gasteiger partial charge in [0.1, 0.15) is 0 Å². The van der Waals surface area contributed by atoms with E-state index in [4.69, 9.17) is 11.6 Å². The van der Waals surface area contributed by atoms with Crippen molar-refractivity contribution in [2.75, 3.05) is 11.6 Å². The minimum atomic E-state index is 0.232. The van der Waals surface area contributed by atoms with Gasteiger partial charge in [0.2, 0.25) is 5.95 Å². The highest BCUT2D eigenvalue weighted by Gasteiger charge is 2.05. The maximum Gasteiger partial charge on any atom is 0.240 e. The van der Waals surface area contributed by atoms with Crippen LogP contribution < -0.4 is 16.9 Å². The van der Waals surface area contributed by atoms with E-state index in [2.05, 4.69) is 15.5 Å². The van der Waals surface area contributed by atoms with E-state index in [1.165, 1.54) is 4.68 Å². The van der Waals surface area contributed by atoms with Gasteiger partial charge >= 0.3 is 0 Å². The molecule has 68 valence electrons. The van der Waals surface area contributed by atoms with Crippen LogP contribution in [0.4, 0.5) is 5.95 Å². The average Bonchev–Trinajstić information content (AvgIpc) is 2.30. The topological polar surface area (TPSA) is 94.8 Å². The van der Waals surface area contributed by atoms with Crippen LogP contribution >= 0.6 is 0 Å². The summed E-state index contributed by atoms with van der Waals surface area (Å²) in [6, 6.07) is 0.392. The summed E-state index contributed by atoms with van der Waals surface area (Å²) < 4.78 is 1.27. The molecule has 6 heteroatoms. The summed E-state index contributed by atoms with van der Waals surface area (Å²) >= 11 is 0. The molecule has 5 N–H and O–H groups in total. The lowest BCUT2D eigenvalue weighted by Gasteiger charge is -2.06. The van der Waals surface area contributed by atoms with Crippen molar-refractivity contribution in [1.82, 2.24) is 20.2 Å². The molecule has 12 heavy (non-hydrogen) atoms. The van der Waals surface area contributed by atoms with E-state index in [1.807, 2.05) is 13.8 Å². The van der Waals surface area contributed by atoms with Gasteiger partial charge in [-0.1, -0.05) is 13.8 Å². The maximum absolute atomic E-state index is 5.52. The molecule has 1 aromatic heterocycles. The molecule has 0 atom stereocenters. The summed E-state index contributed by atoms with van der Waals surface area (Å²) in [4.78, 5) is 0. The molecular weight excluding hydrogens is 156 g/mol. The Morgan fingerprint density at radius 1 is 1.50 bits per heavy atom. The number of hydrogen-bond donors (Lipinski definition) is 3. The van der Waals surface area contributed by atoms with Crippen LogP contribution in [0, 0.1) is 0 Å². The fourth-order valence-electron chi connectivity index (χ4n) is 0.753. The van der Waals surface area contributed by atoms with Gasteiger partial charge in [0.05, 0.1) is 6.54 Å². The molecule has 0 unspecified atom stereocenters. The number of aromatic nitrogens is 3. The normalized spacial score (nSPS) is 10.9. The summed E-state index contributed by atoms with van der Waals surface area (Å²) in [7, 11) is 0. The fourth-order valence-corrected chi connectivity index (χ4v) is 0.753. The number of anilines is 1. The molecule has 0 amide bonds. The molecule has 1 heterocycles. The van der Waals surface area contributed by atoms with E-state index in [9.17, 15) is 0 Å². The van der Waals surface area contributed by atoms with Crippen LogP contribution in [0.15, 0.2) is 0 Å². The molecule has 0 aliphatic rings. The van der Waals surface area contributed by atoms with Gasteiger partial charge in [-0.05, 0) is 0 Å². The van der Waals surface area contributed by atoms with Crippen molar-refractivity contribution in [3.8, 4) is 0 Å². The van der Waals surface area contributed by atoms with Crippen molar-refractivity contribution in [3.63, 3.8) is 0 Å². The van der Waals surface area contributed by atoms with E-state index in [-0.39, 0.29) is 5.95 Å². The van der Waals surface area contributed by atoms with Crippen molar-refractivity contribution in [1.29, 1.82) is 0 Å². The zero-order chi connectivity index (χ0) is 9.14. The van der Waals surface area contributed by atoms with Crippen LogP contribution in [-0.2, 0) is 6.54 Å². The van der Waals surface area contributed by atoms with Crippen molar-refractivity contribution in [3.05, 3.63) is 5.82 Å². The summed E-state index contributed by atoms with van der Waals surface area (Å²) in [6.45, 7) is 4.67. The predicted molar refractivity (Wildman–Crippen MR) is 46.6 cm³/mol. The standard InChI is InChI=1S/C6H14N6/c1-4(2)9-3-5-10-11-6(7)12(5)8/h4,9H,3,8H2,1-2H3,(H2,7,11). The number of nitrogens with one attached hydrogen (secondary N) is 1. The van der Waals surface area contributed by atoms with E-state index >= 15 is 0 Å². The molecule has 0 saturated carbocycles. The first-order valence-electron chi connectivity index (χ1n) is 3.79. The first-order chi connectivity index (χ1) is 5.61. The lowest BCUT2D eigenvalue weighted by atomic mass is 10.4. The van der Waals surface area contributed by atoms with Crippen molar-refractivity contribution in [2.45, 2.75) is 26.4 Å². The van der Waals surface area contributed by atoms with Crippen LogP contribution in [-0.4, -0.2) is 20.9 Å². The highest BCUT2D eigenvalue weighted by Crippen LogP contribution is 1.96. The Labute approximate surface area is 70.9 Å². The average molecular weight is 170 g/mol. The number of nitrogen functional groups attached to an aromatic ring is 2. The van der Waals surface area contributed by atoms with Crippen LogP contribution in [0.1, 0.15) is 19.7 Å². The smallest absolute Gasteiger partial charge is 0.240 e. The van der Waals surface area contributed by atoms with E-state index in [0.29, 0.717) is 18.4 Å². The third kappa shape index (κ3) is 1.85. The summed E-state index contributed by atoms with van der Waals surface area (Å²) in [5.41, 5.74) is 5.38. The van der Waals surface area contributed by atoms with E-state index in [0.717, 1.165) is 0 Å². The molecule has 0 spiro atoms. The van der Waals surface area contributed by atoms with Gasteiger partial charge in [-0.15, -0.1) is 10.2 Å². The Balaban J connectivity index is 2.58. The van der Waals surface area contributed by atoms with Gasteiger partial charge in [-0.25, -0.2) is 4.68 Å². The number of rotatable bonds is 3. The van der Waals surface area contributed by atoms with Crippen molar-refractivity contribution in [2.24, 2.45) is 0 Å². The Morgan fingerprint density at radius 2 is 2.17 bits per heavy atom. The molecule has 0 radical (unpaired) electrons. The van der Waals surface area contributed by atoms with E-state index in [1.54, 1.807) is 0 Å². The monoisotopic (exact) mass is 170 g/mol. The van der Waals surface area contributed by atoms with E-state index < -0.39 is 0 Å². The van der Waals surface area contributed by atoms with Crippen molar-refractivity contribution < 1.29 is 0 Å². The second-order valence-electron chi connectivity index (χ2n) is 2.88. The Hall–Kier alpha value is -1.30. The van der Waals surface area contributed by atoms with Crippen LogP contribution in [0.5, 0.6) is 0 Å². The van der Waals surface area contributed by atoms with Gasteiger partial charge in [-0.2, -0.15) is 0 Å². The van der Waals surface area contributed by atoms with Gasteiger partial charge in [0, 0.05) is 6.04 Å². The highest BCUT2D eigenvalue weighted by molar-refractivity contribution is 5.16.